The summed E-state index contributed by atoms with van der Waals surface area (Å²) >= 11 is 0. The summed E-state index contributed by atoms with van der Waals surface area (Å²) in [5.74, 6) is 0.634. The van der Waals surface area contributed by atoms with Crippen LogP contribution >= 0.6 is 0 Å². The first-order chi connectivity index (χ1) is 8.83. The van der Waals surface area contributed by atoms with E-state index in [9.17, 15) is 0 Å². The number of nitrogens with zero attached hydrogens (tertiary/aromatic N) is 2. The van der Waals surface area contributed by atoms with Crippen LogP contribution in [0.1, 0.15) is 43.7 Å². The van der Waals surface area contributed by atoms with E-state index in [1.54, 1.807) is 6.33 Å². The SMILES string of the molecule is CNC(c1cncnc1)C1CCOC2(CCC2)C1. The van der Waals surface area contributed by atoms with Crippen LogP contribution in [0.3, 0.4) is 0 Å². The third-order valence-electron chi connectivity index (χ3n) is 4.52. The van der Waals surface area contributed by atoms with Crippen molar-refractivity contribution in [2.24, 2.45) is 5.92 Å². The maximum Gasteiger partial charge on any atom is 0.115 e. The van der Waals surface area contributed by atoms with Crippen molar-refractivity contribution in [1.82, 2.24) is 15.3 Å². The summed E-state index contributed by atoms with van der Waals surface area (Å²) in [6.45, 7) is 0.899. The zero-order valence-electron chi connectivity index (χ0n) is 10.9. The van der Waals surface area contributed by atoms with Gasteiger partial charge >= 0.3 is 0 Å². The Kier molecular flexibility index (Phi) is 3.31. The summed E-state index contributed by atoms with van der Waals surface area (Å²) in [5.41, 5.74) is 1.40. The van der Waals surface area contributed by atoms with E-state index in [-0.39, 0.29) is 5.60 Å². The highest BCUT2D eigenvalue weighted by molar-refractivity contribution is 5.12. The maximum atomic E-state index is 6.00. The van der Waals surface area contributed by atoms with E-state index in [1.165, 1.54) is 31.2 Å². The topological polar surface area (TPSA) is 47.0 Å². The molecule has 4 heteroatoms. The van der Waals surface area contributed by atoms with Gasteiger partial charge in [-0.15, -0.1) is 0 Å². The molecule has 18 heavy (non-hydrogen) atoms. The van der Waals surface area contributed by atoms with E-state index in [4.69, 9.17) is 4.74 Å². The van der Waals surface area contributed by atoms with Crippen molar-refractivity contribution >= 4 is 0 Å². The van der Waals surface area contributed by atoms with Crippen LogP contribution in [0.5, 0.6) is 0 Å². The Morgan fingerprint density at radius 1 is 1.39 bits per heavy atom. The molecule has 2 heterocycles. The second-order valence-corrected chi connectivity index (χ2v) is 5.58. The molecule has 0 radical (unpaired) electrons. The minimum Gasteiger partial charge on any atom is -0.375 e. The van der Waals surface area contributed by atoms with Crippen LogP contribution in [0, 0.1) is 5.92 Å². The van der Waals surface area contributed by atoms with Gasteiger partial charge in [0, 0.05) is 30.6 Å². The molecule has 2 atom stereocenters. The normalized spacial score (nSPS) is 27.7. The average molecular weight is 247 g/mol. The fourth-order valence-electron chi connectivity index (χ4n) is 3.42. The number of aromatic nitrogens is 2. The molecule has 1 N–H and O–H groups in total. The molecule has 1 saturated carbocycles. The summed E-state index contributed by atoms with van der Waals surface area (Å²) in [6.07, 6.45) is 11.6. The second kappa shape index (κ2) is 4.94. The first-order valence-corrected chi connectivity index (χ1v) is 6.89. The molecule has 3 rings (SSSR count). The van der Waals surface area contributed by atoms with Crippen LogP contribution < -0.4 is 5.32 Å². The van der Waals surface area contributed by atoms with E-state index < -0.39 is 0 Å². The third-order valence-corrected chi connectivity index (χ3v) is 4.52. The highest BCUT2D eigenvalue weighted by Gasteiger charge is 2.44. The van der Waals surface area contributed by atoms with Crippen molar-refractivity contribution in [2.45, 2.75) is 43.7 Å². The van der Waals surface area contributed by atoms with Crippen molar-refractivity contribution in [2.75, 3.05) is 13.7 Å². The van der Waals surface area contributed by atoms with E-state index in [0.29, 0.717) is 12.0 Å². The minimum atomic E-state index is 0.202. The number of rotatable bonds is 3. The smallest absolute Gasteiger partial charge is 0.115 e. The first kappa shape index (κ1) is 12.1. The maximum absolute atomic E-state index is 6.00. The Morgan fingerprint density at radius 3 is 2.78 bits per heavy atom. The van der Waals surface area contributed by atoms with Crippen LogP contribution in [-0.2, 0) is 4.74 Å². The number of ether oxygens (including phenoxy) is 1. The van der Waals surface area contributed by atoms with Crippen molar-refractivity contribution in [3.8, 4) is 0 Å². The molecule has 1 aliphatic carbocycles. The van der Waals surface area contributed by atoms with E-state index in [1.807, 2.05) is 19.4 Å². The van der Waals surface area contributed by atoms with Gasteiger partial charge in [-0.25, -0.2) is 9.97 Å². The zero-order chi connectivity index (χ0) is 12.4. The Bertz CT molecular complexity index is 391. The van der Waals surface area contributed by atoms with Crippen LogP contribution in [0.15, 0.2) is 18.7 Å². The highest BCUT2D eigenvalue weighted by Crippen LogP contribution is 2.46. The lowest BCUT2D eigenvalue weighted by atomic mass is 9.70. The van der Waals surface area contributed by atoms with Crippen molar-refractivity contribution in [3.05, 3.63) is 24.3 Å². The lowest BCUT2D eigenvalue weighted by Crippen LogP contribution is -2.47. The number of hydrogen-bond donors (Lipinski definition) is 1. The summed E-state index contributed by atoms with van der Waals surface area (Å²) in [6, 6.07) is 0.354. The van der Waals surface area contributed by atoms with Crippen molar-refractivity contribution in [3.63, 3.8) is 0 Å². The molecule has 0 aromatic carbocycles. The molecule has 1 aliphatic heterocycles. The fourth-order valence-corrected chi connectivity index (χ4v) is 3.42. The molecule has 2 unspecified atom stereocenters. The zero-order valence-corrected chi connectivity index (χ0v) is 10.9. The lowest BCUT2D eigenvalue weighted by molar-refractivity contribution is -0.147. The average Bonchev–Trinajstić information content (AvgIpc) is 2.39. The van der Waals surface area contributed by atoms with E-state index in [2.05, 4.69) is 15.3 Å². The van der Waals surface area contributed by atoms with Crippen LogP contribution in [0.4, 0.5) is 0 Å². The molecule has 1 spiro atoms. The van der Waals surface area contributed by atoms with Gasteiger partial charge in [0.2, 0.25) is 0 Å². The second-order valence-electron chi connectivity index (χ2n) is 5.58. The molecular formula is C14H21N3O. The summed E-state index contributed by atoms with van der Waals surface area (Å²) in [7, 11) is 2.03. The monoisotopic (exact) mass is 247 g/mol. The van der Waals surface area contributed by atoms with Gasteiger partial charge in [0.05, 0.1) is 5.60 Å². The molecule has 2 aliphatic rings. The van der Waals surface area contributed by atoms with Gasteiger partial charge in [-0.2, -0.15) is 0 Å². The molecule has 1 aromatic heterocycles. The van der Waals surface area contributed by atoms with Gasteiger partial charge in [0.15, 0.2) is 0 Å². The minimum absolute atomic E-state index is 0.202. The molecular weight excluding hydrogens is 226 g/mol. The highest BCUT2D eigenvalue weighted by atomic mass is 16.5. The summed E-state index contributed by atoms with van der Waals surface area (Å²) in [4.78, 5) is 8.27. The molecule has 0 bridgehead atoms. The molecule has 0 amide bonds. The fraction of sp³-hybridized carbons (Fsp3) is 0.714. The van der Waals surface area contributed by atoms with Crippen molar-refractivity contribution in [1.29, 1.82) is 0 Å². The van der Waals surface area contributed by atoms with Gasteiger partial charge in [-0.05, 0) is 45.1 Å². The largest absolute Gasteiger partial charge is 0.375 e. The number of hydrogen-bond acceptors (Lipinski definition) is 4. The van der Waals surface area contributed by atoms with Gasteiger partial charge in [0.1, 0.15) is 6.33 Å². The predicted molar refractivity (Wildman–Crippen MR) is 69.1 cm³/mol. The molecule has 98 valence electrons. The Balaban J connectivity index is 1.75. The lowest BCUT2D eigenvalue weighted by Gasteiger charge is -2.48. The Morgan fingerprint density at radius 2 is 2.17 bits per heavy atom. The van der Waals surface area contributed by atoms with Crippen LogP contribution in [0.2, 0.25) is 0 Å². The van der Waals surface area contributed by atoms with Crippen LogP contribution in [-0.4, -0.2) is 29.2 Å². The van der Waals surface area contributed by atoms with Crippen LogP contribution in [0.25, 0.3) is 0 Å². The van der Waals surface area contributed by atoms with Gasteiger partial charge in [0.25, 0.3) is 0 Å². The molecule has 4 nitrogen and oxygen atoms in total. The standard InChI is InChI=1S/C14H21N3O/c1-15-13(12-8-16-10-17-9-12)11-3-6-18-14(7-11)4-2-5-14/h8-11,13,15H,2-7H2,1H3. The molecule has 2 fully saturated rings. The molecule has 1 saturated heterocycles. The quantitative estimate of drug-likeness (QED) is 0.888. The van der Waals surface area contributed by atoms with Gasteiger partial charge in [-0.1, -0.05) is 0 Å². The summed E-state index contributed by atoms with van der Waals surface area (Å²) in [5, 5.41) is 3.44. The van der Waals surface area contributed by atoms with E-state index >= 15 is 0 Å². The predicted octanol–water partition coefficient (Wildman–Crippen LogP) is 2.09. The summed E-state index contributed by atoms with van der Waals surface area (Å²) < 4.78 is 6.00. The van der Waals surface area contributed by atoms with E-state index in [0.717, 1.165) is 13.0 Å². The third kappa shape index (κ3) is 2.15. The van der Waals surface area contributed by atoms with Crippen molar-refractivity contribution < 1.29 is 4.74 Å². The van der Waals surface area contributed by atoms with Gasteiger partial charge < -0.3 is 10.1 Å². The number of nitrogens with one attached hydrogen (secondary N) is 1. The molecule has 1 aromatic rings. The van der Waals surface area contributed by atoms with Gasteiger partial charge in [-0.3, -0.25) is 0 Å². The Labute approximate surface area is 108 Å². The Hall–Kier alpha value is -1.00. The first-order valence-electron chi connectivity index (χ1n) is 6.89.